The Balaban J connectivity index is 1.48. The molecule has 1 aliphatic heterocycles. The molecule has 4 rings (SSSR count). The van der Waals surface area contributed by atoms with Crippen LogP contribution in [0.25, 0.3) is 10.9 Å². The predicted molar refractivity (Wildman–Crippen MR) is 126 cm³/mol. The first-order valence-electron chi connectivity index (χ1n) is 11.1. The Morgan fingerprint density at radius 3 is 2.65 bits per heavy atom. The van der Waals surface area contributed by atoms with Gasteiger partial charge in [-0.3, -0.25) is 5.41 Å². The first kappa shape index (κ1) is 21.2. The number of amidine groups is 1. The number of hydrogen-bond donors (Lipinski definition) is 5. The first-order chi connectivity index (χ1) is 14.9. The van der Waals surface area contributed by atoms with Crippen LogP contribution in [0.4, 0.5) is 5.69 Å². The zero-order chi connectivity index (χ0) is 22.0. The lowest BCUT2D eigenvalue weighted by Gasteiger charge is -2.22. The molecule has 2 heterocycles. The van der Waals surface area contributed by atoms with Gasteiger partial charge in [0.05, 0.1) is 5.56 Å². The molecule has 6 heteroatoms. The molecule has 0 atom stereocenters. The maximum absolute atomic E-state index is 10.2. The normalized spacial score (nSPS) is 14.9. The molecule has 0 radical (unpaired) electrons. The molecule has 0 bridgehead atoms. The Kier molecular flexibility index (Phi) is 6.18. The molecule has 6 nitrogen and oxygen atoms in total. The summed E-state index contributed by atoms with van der Waals surface area (Å²) in [6.07, 6.45) is 5.87. The van der Waals surface area contributed by atoms with Crippen LogP contribution in [-0.4, -0.2) is 33.7 Å². The maximum Gasteiger partial charge on any atom is 0.133 e. The molecule has 0 saturated carbocycles. The SMILES string of the molecule is CC(C)c1cc(C(=N)Nc2ccc3c(ccn3CCC3CCNCC3)c2)c(O)cc1O. The summed E-state index contributed by atoms with van der Waals surface area (Å²) >= 11 is 0. The number of nitrogens with one attached hydrogen (secondary N) is 3. The van der Waals surface area contributed by atoms with Crippen LogP contribution in [0.1, 0.15) is 50.2 Å². The fourth-order valence-corrected chi connectivity index (χ4v) is 4.43. The van der Waals surface area contributed by atoms with Crippen LogP contribution in [0.5, 0.6) is 11.5 Å². The summed E-state index contributed by atoms with van der Waals surface area (Å²) < 4.78 is 2.31. The zero-order valence-electron chi connectivity index (χ0n) is 18.3. The first-order valence-corrected chi connectivity index (χ1v) is 11.1. The minimum atomic E-state index is -0.107. The summed E-state index contributed by atoms with van der Waals surface area (Å²) in [5.41, 5.74) is 3.08. The van der Waals surface area contributed by atoms with Crippen molar-refractivity contribution in [2.24, 2.45) is 5.92 Å². The number of piperidine rings is 1. The summed E-state index contributed by atoms with van der Waals surface area (Å²) in [5.74, 6) is 0.937. The summed E-state index contributed by atoms with van der Waals surface area (Å²) in [6, 6.07) is 11.2. The van der Waals surface area contributed by atoms with Crippen molar-refractivity contribution in [1.29, 1.82) is 5.41 Å². The smallest absolute Gasteiger partial charge is 0.133 e. The Bertz CT molecular complexity index is 1080. The van der Waals surface area contributed by atoms with Crippen LogP contribution in [0.15, 0.2) is 42.6 Å². The molecule has 1 saturated heterocycles. The molecule has 0 aliphatic carbocycles. The van der Waals surface area contributed by atoms with Gasteiger partial charge in [-0.2, -0.15) is 0 Å². The number of phenolic OH excluding ortho intramolecular Hbond substituents is 2. The highest BCUT2D eigenvalue weighted by Gasteiger charge is 2.16. The molecule has 5 N–H and O–H groups in total. The third-order valence-corrected chi connectivity index (χ3v) is 6.31. The van der Waals surface area contributed by atoms with Crippen molar-refractivity contribution >= 4 is 22.4 Å². The van der Waals surface area contributed by atoms with Crippen molar-refractivity contribution in [2.45, 2.75) is 45.6 Å². The summed E-state index contributed by atoms with van der Waals surface area (Å²) in [7, 11) is 0. The fraction of sp³-hybridized carbons (Fsp3) is 0.400. The average Bonchev–Trinajstić information content (AvgIpc) is 3.15. The third kappa shape index (κ3) is 4.69. The van der Waals surface area contributed by atoms with Crippen molar-refractivity contribution in [3.63, 3.8) is 0 Å². The van der Waals surface area contributed by atoms with E-state index >= 15 is 0 Å². The second-order valence-electron chi connectivity index (χ2n) is 8.85. The monoisotopic (exact) mass is 420 g/mol. The van der Waals surface area contributed by atoms with Gasteiger partial charge in [0.25, 0.3) is 0 Å². The van der Waals surface area contributed by atoms with Gasteiger partial charge < -0.3 is 25.4 Å². The van der Waals surface area contributed by atoms with Gasteiger partial charge in [-0.1, -0.05) is 13.8 Å². The van der Waals surface area contributed by atoms with Gasteiger partial charge >= 0.3 is 0 Å². The largest absolute Gasteiger partial charge is 0.508 e. The van der Waals surface area contributed by atoms with Crippen molar-refractivity contribution < 1.29 is 10.2 Å². The molecule has 1 aliphatic rings. The van der Waals surface area contributed by atoms with Crippen molar-refractivity contribution in [3.8, 4) is 11.5 Å². The molecule has 31 heavy (non-hydrogen) atoms. The van der Waals surface area contributed by atoms with E-state index in [1.54, 1.807) is 6.07 Å². The minimum Gasteiger partial charge on any atom is -0.508 e. The molecular formula is C25H32N4O2. The molecule has 164 valence electrons. The van der Waals surface area contributed by atoms with E-state index < -0.39 is 0 Å². The van der Waals surface area contributed by atoms with E-state index in [1.807, 2.05) is 26.0 Å². The van der Waals surface area contributed by atoms with Crippen LogP contribution >= 0.6 is 0 Å². The van der Waals surface area contributed by atoms with Crippen LogP contribution in [0.2, 0.25) is 0 Å². The highest BCUT2D eigenvalue weighted by molar-refractivity contribution is 6.08. The average molecular weight is 421 g/mol. The topological polar surface area (TPSA) is 93.3 Å². The van der Waals surface area contributed by atoms with Gasteiger partial charge in [0, 0.05) is 35.4 Å². The van der Waals surface area contributed by atoms with E-state index in [-0.39, 0.29) is 23.3 Å². The van der Waals surface area contributed by atoms with Crippen LogP contribution in [0.3, 0.4) is 0 Å². The second kappa shape index (κ2) is 9.02. The highest BCUT2D eigenvalue weighted by Crippen LogP contribution is 2.33. The molecule has 1 fully saturated rings. The number of phenols is 2. The predicted octanol–water partition coefficient (Wildman–Crippen LogP) is 5.00. The van der Waals surface area contributed by atoms with E-state index in [0.29, 0.717) is 11.1 Å². The van der Waals surface area contributed by atoms with Crippen molar-refractivity contribution in [3.05, 3.63) is 53.7 Å². The van der Waals surface area contributed by atoms with Gasteiger partial charge in [-0.05, 0) is 80.1 Å². The Morgan fingerprint density at radius 1 is 1.13 bits per heavy atom. The van der Waals surface area contributed by atoms with Gasteiger partial charge in [0.1, 0.15) is 17.3 Å². The number of fused-ring (bicyclic) bond motifs is 1. The van der Waals surface area contributed by atoms with E-state index in [0.717, 1.165) is 36.6 Å². The molecule has 0 unspecified atom stereocenters. The summed E-state index contributed by atoms with van der Waals surface area (Å²) in [5, 5.41) is 36.4. The molecule has 2 aromatic carbocycles. The Labute approximate surface area is 183 Å². The highest BCUT2D eigenvalue weighted by atomic mass is 16.3. The van der Waals surface area contributed by atoms with Gasteiger partial charge in [-0.15, -0.1) is 0 Å². The Morgan fingerprint density at radius 2 is 1.90 bits per heavy atom. The minimum absolute atomic E-state index is 0.0521. The number of hydrogen-bond acceptors (Lipinski definition) is 4. The fourth-order valence-electron chi connectivity index (χ4n) is 4.43. The number of aromatic nitrogens is 1. The molecule has 0 spiro atoms. The second-order valence-corrected chi connectivity index (χ2v) is 8.85. The number of aryl methyl sites for hydroxylation is 1. The number of nitrogens with zero attached hydrogens (tertiary/aromatic N) is 1. The van der Waals surface area contributed by atoms with Gasteiger partial charge in [0.15, 0.2) is 0 Å². The summed E-state index contributed by atoms with van der Waals surface area (Å²) in [6.45, 7) is 7.23. The van der Waals surface area contributed by atoms with Crippen LogP contribution in [0, 0.1) is 11.3 Å². The molecule has 0 amide bonds. The lowest BCUT2D eigenvalue weighted by Crippen LogP contribution is -2.28. The number of benzene rings is 2. The Hall–Kier alpha value is -2.99. The van der Waals surface area contributed by atoms with E-state index in [9.17, 15) is 10.2 Å². The number of anilines is 1. The van der Waals surface area contributed by atoms with Crippen molar-refractivity contribution in [1.82, 2.24) is 9.88 Å². The number of aromatic hydroxyl groups is 2. The van der Waals surface area contributed by atoms with Gasteiger partial charge in [0.2, 0.25) is 0 Å². The number of rotatable bonds is 6. The van der Waals surface area contributed by atoms with Crippen LogP contribution in [-0.2, 0) is 6.54 Å². The molecule has 1 aromatic heterocycles. The van der Waals surface area contributed by atoms with E-state index in [4.69, 9.17) is 5.41 Å². The van der Waals surface area contributed by atoms with E-state index in [2.05, 4.69) is 33.5 Å². The third-order valence-electron chi connectivity index (χ3n) is 6.31. The van der Waals surface area contributed by atoms with Crippen molar-refractivity contribution in [2.75, 3.05) is 18.4 Å². The summed E-state index contributed by atoms with van der Waals surface area (Å²) in [4.78, 5) is 0. The van der Waals surface area contributed by atoms with Crippen LogP contribution < -0.4 is 10.6 Å². The zero-order valence-corrected chi connectivity index (χ0v) is 18.3. The maximum atomic E-state index is 10.2. The van der Waals surface area contributed by atoms with Gasteiger partial charge in [-0.25, -0.2) is 0 Å². The quantitative estimate of drug-likeness (QED) is 0.286. The lowest BCUT2D eigenvalue weighted by molar-refractivity contribution is 0.339. The van der Waals surface area contributed by atoms with E-state index in [1.165, 1.54) is 30.8 Å². The standard InChI is InChI=1S/C25H32N4O2/c1-16(2)20-14-21(24(31)15-23(20)30)25(26)28-19-3-4-22-18(13-19)8-12-29(22)11-7-17-5-9-27-10-6-17/h3-4,8,12-17,27,30-31H,5-7,9-11H2,1-2H3,(H2,26,28). The lowest BCUT2D eigenvalue weighted by atomic mass is 9.95. The molecular weight excluding hydrogens is 388 g/mol. The molecule has 3 aromatic rings.